The van der Waals surface area contributed by atoms with Crippen LogP contribution in [0.15, 0.2) is 24.3 Å². The number of carbonyl (C=O) groups is 3. The molecule has 1 saturated heterocycles. The van der Waals surface area contributed by atoms with E-state index in [0.717, 1.165) is 12.0 Å². The van der Waals surface area contributed by atoms with Crippen LogP contribution in [0.25, 0.3) is 0 Å². The molecule has 4 atom stereocenters. The van der Waals surface area contributed by atoms with E-state index in [1.165, 1.54) is 12.0 Å². The molecule has 0 unspecified atom stereocenters. The van der Waals surface area contributed by atoms with Crippen molar-refractivity contribution < 1.29 is 28.6 Å². The maximum Gasteiger partial charge on any atom is 0.233 e. The molecule has 0 radical (unpaired) electrons. The lowest BCUT2D eigenvalue weighted by molar-refractivity contribution is -0.141. The summed E-state index contributed by atoms with van der Waals surface area (Å²) in [5.41, 5.74) is 0.880. The van der Waals surface area contributed by atoms with Crippen LogP contribution in [0.3, 0.4) is 0 Å². The van der Waals surface area contributed by atoms with Gasteiger partial charge in [-0.2, -0.15) is 0 Å². The van der Waals surface area contributed by atoms with Crippen LogP contribution >= 0.6 is 0 Å². The van der Waals surface area contributed by atoms with Gasteiger partial charge in [-0.15, -0.1) is 0 Å². The van der Waals surface area contributed by atoms with E-state index < -0.39 is 0 Å². The fourth-order valence-corrected chi connectivity index (χ4v) is 5.12. The Balaban J connectivity index is 1.27. The number of carbonyl (C=O) groups excluding carboxylic acids is 3. The van der Waals surface area contributed by atoms with E-state index in [1.54, 1.807) is 14.2 Å². The van der Waals surface area contributed by atoms with Gasteiger partial charge in [0.25, 0.3) is 0 Å². The summed E-state index contributed by atoms with van der Waals surface area (Å²) in [4.78, 5) is 39.0. The lowest BCUT2D eigenvalue weighted by Gasteiger charge is -2.17. The van der Waals surface area contributed by atoms with Crippen molar-refractivity contribution in [2.24, 2.45) is 23.7 Å². The molecule has 3 aliphatic rings. The topological polar surface area (TPSA) is 94.2 Å². The number of methoxy groups -OCH3 is 3. The smallest absolute Gasteiger partial charge is 0.233 e. The molecule has 1 aromatic rings. The molecule has 0 aromatic heterocycles. The SMILES string of the molecule is COc1cc(CCC(=O)NCCN2C(=O)[C@@H]3[C@@H](C2=O)[C@H]2C=C[C@H]3C2)cc(OC)c1OC. The van der Waals surface area contributed by atoms with Crippen molar-refractivity contribution in [3.63, 3.8) is 0 Å². The molecule has 1 aromatic carbocycles. The summed E-state index contributed by atoms with van der Waals surface area (Å²) < 4.78 is 16.0. The summed E-state index contributed by atoms with van der Waals surface area (Å²) in [7, 11) is 4.63. The zero-order chi connectivity index (χ0) is 22.1. The van der Waals surface area contributed by atoms with Gasteiger partial charge >= 0.3 is 0 Å². The monoisotopic (exact) mass is 428 g/mol. The lowest BCUT2D eigenvalue weighted by Crippen LogP contribution is -2.39. The third-order valence-electron chi connectivity index (χ3n) is 6.58. The third kappa shape index (κ3) is 3.75. The zero-order valence-electron chi connectivity index (χ0n) is 18.1. The zero-order valence-corrected chi connectivity index (χ0v) is 18.1. The second kappa shape index (κ2) is 8.61. The minimum Gasteiger partial charge on any atom is -0.493 e. The van der Waals surface area contributed by atoms with Crippen molar-refractivity contribution in [3.8, 4) is 17.2 Å². The van der Waals surface area contributed by atoms with Crippen LogP contribution in [-0.4, -0.2) is 57.0 Å². The first-order valence-corrected chi connectivity index (χ1v) is 10.6. The Bertz CT molecular complexity index is 872. The number of ether oxygens (including phenoxy) is 3. The maximum absolute atomic E-state index is 12.7. The molecule has 1 N–H and O–H groups in total. The summed E-state index contributed by atoms with van der Waals surface area (Å²) in [6, 6.07) is 3.63. The van der Waals surface area contributed by atoms with E-state index in [9.17, 15) is 14.4 Å². The molecule has 1 heterocycles. The van der Waals surface area contributed by atoms with E-state index >= 15 is 0 Å². The van der Waals surface area contributed by atoms with E-state index in [0.29, 0.717) is 23.7 Å². The van der Waals surface area contributed by atoms with E-state index in [4.69, 9.17) is 14.2 Å². The molecule has 4 rings (SSSR count). The Morgan fingerprint density at radius 3 is 2.10 bits per heavy atom. The highest BCUT2D eigenvalue weighted by atomic mass is 16.5. The van der Waals surface area contributed by atoms with Crippen molar-refractivity contribution in [1.29, 1.82) is 0 Å². The van der Waals surface area contributed by atoms with Gasteiger partial charge in [-0.1, -0.05) is 12.2 Å². The number of rotatable bonds is 9. The van der Waals surface area contributed by atoms with Crippen LogP contribution in [0.5, 0.6) is 17.2 Å². The summed E-state index contributed by atoms with van der Waals surface area (Å²) >= 11 is 0. The summed E-state index contributed by atoms with van der Waals surface area (Å²) in [5.74, 6) is 1.28. The second-order valence-corrected chi connectivity index (χ2v) is 8.21. The number of fused-ring (bicyclic) bond motifs is 5. The van der Waals surface area contributed by atoms with Crippen LogP contribution in [0.1, 0.15) is 18.4 Å². The Labute approximate surface area is 181 Å². The van der Waals surface area contributed by atoms with Gasteiger partial charge in [-0.25, -0.2) is 0 Å². The second-order valence-electron chi connectivity index (χ2n) is 8.21. The third-order valence-corrected chi connectivity index (χ3v) is 6.58. The minimum absolute atomic E-state index is 0.0847. The van der Waals surface area contributed by atoms with Gasteiger partial charge in [0.1, 0.15) is 0 Å². The fraction of sp³-hybridized carbons (Fsp3) is 0.522. The number of nitrogens with one attached hydrogen (secondary N) is 1. The van der Waals surface area contributed by atoms with Crippen molar-refractivity contribution in [2.75, 3.05) is 34.4 Å². The number of hydrogen-bond donors (Lipinski definition) is 1. The van der Waals surface area contributed by atoms with Crippen molar-refractivity contribution in [2.45, 2.75) is 19.3 Å². The Kier molecular flexibility index (Phi) is 5.89. The lowest BCUT2D eigenvalue weighted by atomic mass is 9.85. The fourth-order valence-electron chi connectivity index (χ4n) is 5.12. The average Bonchev–Trinajstić information content (AvgIpc) is 3.46. The Morgan fingerprint density at radius 1 is 1.00 bits per heavy atom. The summed E-state index contributed by atoms with van der Waals surface area (Å²) in [5, 5.41) is 2.82. The highest BCUT2D eigenvalue weighted by Crippen LogP contribution is 2.52. The Hall–Kier alpha value is -3.03. The molecule has 0 spiro atoms. The van der Waals surface area contributed by atoms with Crippen LogP contribution in [-0.2, 0) is 20.8 Å². The first-order valence-electron chi connectivity index (χ1n) is 10.6. The molecule has 2 fully saturated rings. The molecule has 2 aliphatic carbocycles. The quantitative estimate of drug-likeness (QED) is 0.474. The molecule has 8 heteroatoms. The first-order chi connectivity index (χ1) is 15.0. The Morgan fingerprint density at radius 2 is 1.58 bits per heavy atom. The molecular formula is C23H28N2O6. The van der Waals surface area contributed by atoms with Crippen LogP contribution < -0.4 is 19.5 Å². The van der Waals surface area contributed by atoms with Crippen LogP contribution in [0.4, 0.5) is 0 Å². The number of imide groups is 1. The van der Waals surface area contributed by atoms with Gasteiger partial charge in [-0.3, -0.25) is 19.3 Å². The van der Waals surface area contributed by atoms with Crippen LogP contribution in [0.2, 0.25) is 0 Å². The van der Waals surface area contributed by atoms with Crippen molar-refractivity contribution >= 4 is 17.7 Å². The number of allylic oxidation sites excluding steroid dienone is 2. The maximum atomic E-state index is 12.7. The van der Waals surface area contributed by atoms with Crippen molar-refractivity contribution in [3.05, 3.63) is 29.8 Å². The normalized spacial score (nSPS) is 25.7. The summed E-state index contributed by atoms with van der Waals surface area (Å²) in [6.07, 6.45) is 5.82. The highest BCUT2D eigenvalue weighted by Gasteiger charge is 2.58. The van der Waals surface area contributed by atoms with Gasteiger partial charge in [-0.05, 0) is 42.4 Å². The number of amides is 3. The molecule has 8 nitrogen and oxygen atoms in total. The number of hydrogen-bond acceptors (Lipinski definition) is 6. The molecule has 3 amide bonds. The number of likely N-dealkylation sites (tertiary alicyclic amines) is 1. The van der Waals surface area contributed by atoms with Crippen molar-refractivity contribution in [1.82, 2.24) is 10.2 Å². The van der Waals surface area contributed by atoms with Gasteiger partial charge in [0.05, 0.1) is 33.2 Å². The molecule has 1 aliphatic heterocycles. The summed E-state index contributed by atoms with van der Waals surface area (Å²) in [6.45, 7) is 0.480. The van der Waals surface area contributed by atoms with E-state index in [1.807, 2.05) is 12.1 Å². The van der Waals surface area contributed by atoms with Gasteiger partial charge in [0.15, 0.2) is 11.5 Å². The van der Waals surface area contributed by atoms with Gasteiger partial charge < -0.3 is 19.5 Å². The predicted octanol–water partition coefficient (Wildman–Crippen LogP) is 1.57. The minimum atomic E-state index is -0.196. The first kappa shape index (κ1) is 21.2. The number of nitrogens with zero attached hydrogens (tertiary/aromatic N) is 1. The van der Waals surface area contributed by atoms with E-state index in [-0.39, 0.29) is 60.9 Å². The van der Waals surface area contributed by atoms with E-state index in [2.05, 4.69) is 17.5 Å². The highest BCUT2D eigenvalue weighted by molar-refractivity contribution is 6.06. The predicted molar refractivity (Wildman–Crippen MR) is 112 cm³/mol. The molecular weight excluding hydrogens is 400 g/mol. The standard InChI is InChI=1S/C23H28N2O6/c1-29-16-10-13(11-17(30-2)21(16)31-3)4-7-18(26)24-8-9-25-22(27)19-14-5-6-15(12-14)20(19)23(25)28/h5-6,10-11,14-15,19-20H,4,7-9,12H2,1-3H3,(H,24,26)/t14-,15-,19-,20-/m0/s1. The van der Waals surface area contributed by atoms with Gasteiger partial charge in [0, 0.05) is 19.5 Å². The average molecular weight is 428 g/mol. The molecule has 166 valence electrons. The number of aryl methyl sites for hydroxylation is 1. The molecule has 31 heavy (non-hydrogen) atoms. The number of benzene rings is 1. The van der Waals surface area contributed by atoms with Crippen LogP contribution in [0, 0.1) is 23.7 Å². The van der Waals surface area contributed by atoms with Gasteiger partial charge in [0.2, 0.25) is 23.5 Å². The molecule has 2 bridgehead atoms. The molecule has 1 saturated carbocycles. The largest absolute Gasteiger partial charge is 0.493 e.